The minimum absolute atomic E-state index is 0.233. The van der Waals surface area contributed by atoms with Crippen LogP contribution >= 0.6 is 0 Å². The molecule has 0 aromatic carbocycles. The Morgan fingerprint density at radius 1 is 0.852 bits per heavy atom. The van der Waals surface area contributed by atoms with Gasteiger partial charge in [-0.15, -0.1) is 0 Å². The summed E-state index contributed by atoms with van der Waals surface area (Å²) >= 11 is 0. The van der Waals surface area contributed by atoms with Gasteiger partial charge in [0.15, 0.2) is 0 Å². The van der Waals surface area contributed by atoms with Crippen molar-refractivity contribution < 1.29 is 19.7 Å². The van der Waals surface area contributed by atoms with E-state index in [0.717, 1.165) is 12.8 Å². The molecule has 0 bridgehead atoms. The molecule has 0 saturated carbocycles. The SMILES string of the molecule is CC/C=C\C/C=C\C[C@H](O)\C=C/C=C/C=C/[C@H](O)C/C=C\CCC(=O)OC. The average molecular weight is 375 g/mol. The first kappa shape index (κ1) is 24.8. The third kappa shape index (κ3) is 18.4. The molecule has 0 aliphatic heterocycles. The molecule has 4 nitrogen and oxygen atoms in total. The van der Waals surface area contributed by atoms with Gasteiger partial charge in [-0.3, -0.25) is 4.79 Å². The maximum atomic E-state index is 10.9. The molecular formula is C23H34O4. The van der Waals surface area contributed by atoms with Gasteiger partial charge in [-0.05, 0) is 32.1 Å². The van der Waals surface area contributed by atoms with Crippen molar-refractivity contribution in [2.45, 2.75) is 57.7 Å². The Morgan fingerprint density at radius 3 is 1.96 bits per heavy atom. The highest BCUT2D eigenvalue weighted by molar-refractivity contribution is 5.69. The zero-order chi connectivity index (χ0) is 20.2. The minimum Gasteiger partial charge on any atom is -0.469 e. The van der Waals surface area contributed by atoms with Crippen LogP contribution in [0.1, 0.15) is 45.4 Å². The summed E-state index contributed by atoms with van der Waals surface area (Å²) in [5.41, 5.74) is 0. The van der Waals surface area contributed by atoms with Gasteiger partial charge in [0.25, 0.3) is 0 Å². The topological polar surface area (TPSA) is 66.8 Å². The number of carbonyl (C=O) groups is 1. The molecule has 2 N–H and O–H groups in total. The largest absolute Gasteiger partial charge is 0.469 e. The summed E-state index contributed by atoms with van der Waals surface area (Å²) in [6, 6.07) is 0. The van der Waals surface area contributed by atoms with Crippen LogP contribution in [0, 0.1) is 0 Å². The second-order valence-corrected chi connectivity index (χ2v) is 5.93. The molecule has 0 spiro atoms. The summed E-state index contributed by atoms with van der Waals surface area (Å²) in [7, 11) is 1.37. The lowest BCUT2D eigenvalue weighted by Crippen LogP contribution is -2.00. The van der Waals surface area contributed by atoms with E-state index in [1.165, 1.54) is 7.11 Å². The Labute approximate surface area is 163 Å². The quantitative estimate of drug-likeness (QED) is 0.265. The van der Waals surface area contributed by atoms with E-state index in [2.05, 4.69) is 23.8 Å². The third-order valence-corrected chi connectivity index (χ3v) is 3.51. The number of hydrogen-bond acceptors (Lipinski definition) is 4. The van der Waals surface area contributed by atoms with E-state index >= 15 is 0 Å². The van der Waals surface area contributed by atoms with Crippen LogP contribution in [0.15, 0.2) is 72.9 Å². The number of aliphatic hydroxyl groups is 2. The first-order chi connectivity index (χ1) is 13.1. The lowest BCUT2D eigenvalue weighted by Gasteiger charge is -1.99. The summed E-state index contributed by atoms with van der Waals surface area (Å²) in [6.07, 6.45) is 25.5. The van der Waals surface area contributed by atoms with Crippen LogP contribution in [0.5, 0.6) is 0 Å². The van der Waals surface area contributed by atoms with Gasteiger partial charge in [-0.25, -0.2) is 0 Å². The Hall–Kier alpha value is -2.17. The molecule has 0 amide bonds. The smallest absolute Gasteiger partial charge is 0.305 e. The summed E-state index contributed by atoms with van der Waals surface area (Å²) < 4.78 is 4.55. The first-order valence-electron chi connectivity index (χ1n) is 9.49. The van der Waals surface area contributed by atoms with Crippen LogP contribution in [-0.4, -0.2) is 35.5 Å². The molecule has 0 aromatic rings. The lowest BCUT2D eigenvalue weighted by molar-refractivity contribution is -0.140. The molecule has 27 heavy (non-hydrogen) atoms. The highest BCUT2D eigenvalue weighted by Crippen LogP contribution is 2.00. The Bertz CT molecular complexity index is 539. The van der Waals surface area contributed by atoms with Gasteiger partial charge in [0, 0.05) is 6.42 Å². The maximum absolute atomic E-state index is 10.9. The van der Waals surface area contributed by atoms with E-state index in [4.69, 9.17) is 0 Å². The summed E-state index contributed by atoms with van der Waals surface area (Å²) in [5, 5.41) is 19.6. The summed E-state index contributed by atoms with van der Waals surface area (Å²) in [4.78, 5) is 10.9. The second kappa shape index (κ2) is 18.6. The number of aliphatic hydroxyl groups excluding tert-OH is 2. The van der Waals surface area contributed by atoms with Crippen molar-refractivity contribution in [3.05, 3.63) is 72.9 Å². The van der Waals surface area contributed by atoms with Gasteiger partial charge in [-0.1, -0.05) is 79.8 Å². The standard InChI is InChI=1S/C23H34O4/c1-3-4-5-6-7-11-16-21(24)17-12-8-9-13-18-22(25)19-14-10-15-20-23(26)27-2/h4-5,7-14,17-18,21-22,24-25H,3,6,15-16,19-20H2,1-2H3/b5-4-,9-8+,11-7-,14-10-,17-12-,18-13+/t21-,22-/m0/s1. The molecule has 0 radical (unpaired) electrons. The van der Waals surface area contributed by atoms with Gasteiger partial charge in [0.2, 0.25) is 0 Å². The predicted octanol–water partition coefficient (Wildman–Crippen LogP) is 4.58. The van der Waals surface area contributed by atoms with Gasteiger partial charge in [0.1, 0.15) is 0 Å². The van der Waals surface area contributed by atoms with Crippen molar-refractivity contribution in [1.82, 2.24) is 0 Å². The molecule has 2 atom stereocenters. The van der Waals surface area contributed by atoms with Gasteiger partial charge in [0.05, 0.1) is 19.3 Å². The van der Waals surface area contributed by atoms with Gasteiger partial charge < -0.3 is 14.9 Å². The number of methoxy groups -OCH3 is 1. The highest BCUT2D eigenvalue weighted by atomic mass is 16.5. The number of ether oxygens (including phenoxy) is 1. The van der Waals surface area contributed by atoms with Crippen molar-refractivity contribution in [2.75, 3.05) is 7.11 Å². The van der Waals surface area contributed by atoms with Crippen LogP contribution in [0.4, 0.5) is 0 Å². The Morgan fingerprint density at radius 2 is 1.41 bits per heavy atom. The fraction of sp³-hybridized carbons (Fsp3) is 0.435. The first-order valence-corrected chi connectivity index (χ1v) is 9.49. The molecular weight excluding hydrogens is 340 g/mol. The zero-order valence-corrected chi connectivity index (χ0v) is 16.5. The van der Waals surface area contributed by atoms with Gasteiger partial charge in [-0.2, -0.15) is 0 Å². The Kier molecular flexibility index (Phi) is 17.1. The molecule has 0 aliphatic rings. The number of hydrogen-bond donors (Lipinski definition) is 2. The van der Waals surface area contributed by atoms with Crippen LogP contribution in [0.25, 0.3) is 0 Å². The normalized spacial score (nSPS) is 15.3. The fourth-order valence-electron chi connectivity index (χ4n) is 2.00. The van der Waals surface area contributed by atoms with Crippen LogP contribution in [0.2, 0.25) is 0 Å². The maximum Gasteiger partial charge on any atom is 0.305 e. The number of allylic oxidation sites excluding steroid dienone is 8. The molecule has 4 heteroatoms. The van der Waals surface area contributed by atoms with E-state index in [0.29, 0.717) is 25.7 Å². The van der Waals surface area contributed by atoms with Crippen molar-refractivity contribution in [1.29, 1.82) is 0 Å². The van der Waals surface area contributed by atoms with Crippen molar-refractivity contribution in [3.8, 4) is 0 Å². The van der Waals surface area contributed by atoms with E-state index in [1.807, 2.05) is 30.4 Å². The third-order valence-electron chi connectivity index (χ3n) is 3.51. The highest BCUT2D eigenvalue weighted by Gasteiger charge is 1.97. The summed E-state index contributed by atoms with van der Waals surface area (Å²) in [6.45, 7) is 2.10. The second-order valence-electron chi connectivity index (χ2n) is 5.93. The monoisotopic (exact) mass is 374 g/mol. The molecule has 0 fully saturated rings. The number of carbonyl (C=O) groups excluding carboxylic acids is 1. The predicted molar refractivity (Wildman–Crippen MR) is 112 cm³/mol. The average Bonchev–Trinajstić information content (AvgIpc) is 2.66. The molecule has 0 aromatic heterocycles. The van der Waals surface area contributed by atoms with Crippen LogP contribution in [0.3, 0.4) is 0 Å². The summed E-state index contributed by atoms with van der Waals surface area (Å²) in [5.74, 6) is -0.233. The molecule has 150 valence electrons. The van der Waals surface area contributed by atoms with E-state index in [1.54, 1.807) is 30.4 Å². The van der Waals surface area contributed by atoms with Crippen LogP contribution in [-0.2, 0) is 9.53 Å². The van der Waals surface area contributed by atoms with Crippen molar-refractivity contribution in [2.24, 2.45) is 0 Å². The molecule has 0 aliphatic carbocycles. The lowest BCUT2D eigenvalue weighted by atomic mass is 10.2. The molecule has 0 heterocycles. The number of esters is 1. The molecule has 0 unspecified atom stereocenters. The molecule has 0 rings (SSSR count). The molecule has 0 saturated heterocycles. The van der Waals surface area contributed by atoms with E-state index < -0.39 is 12.2 Å². The number of rotatable bonds is 14. The van der Waals surface area contributed by atoms with Crippen LogP contribution < -0.4 is 0 Å². The van der Waals surface area contributed by atoms with E-state index in [9.17, 15) is 15.0 Å². The zero-order valence-electron chi connectivity index (χ0n) is 16.5. The van der Waals surface area contributed by atoms with Crippen molar-refractivity contribution >= 4 is 5.97 Å². The Balaban J connectivity index is 3.91. The minimum atomic E-state index is -0.564. The van der Waals surface area contributed by atoms with E-state index in [-0.39, 0.29) is 5.97 Å². The van der Waals surface area contributed by atoms with Gasteiger partial charge >= 0.3 is 5.97 Å². The van der Waals surface area contributed by atoms with Crippen molar-refractivity contribution in [3.63, 3.8) is 0 Å². The fourth-order valence-corrected chi connectivity index (χ4v) is 2.00.